The first kappa shape index (κ1) is 23.8. The SMILES string of the molecule is NC(=O)c1cccc(Cl)c1C1(N2CCN(C(=O)CCc3nc4c(Cl)cccc4c(=O)[nH]3)CC2)CC1. The van der Waals surface area contributed by atoms with Crippen LogP contribution in [0.1, 0.15) is 41.0 Å². The van der Waals surface area contributed by atoms with Gasteiger partial charge in [0.25, 0.3) is 5.56 Å². The van der Waals surface area contributed by atoms with Crippen LogP contribution in [0.5, 0.6) is 0 Å². The van der Waals surface area contributed by atoms with Crippen molar-refractivity contribution in [3.8, 4) is 0 Å². The molecule has 5 rings (SSSR count). The third-order valence-electron chi connectivity index (χ3n) is 7.02. The summed E-state index contributed by atoms with van der Waals surface area (Å²) >= 11 is 12.7. The molecule has 0 bridgehead atoms. The van der Waals surface area contributed by atoms with Crippen LogP contribution in [0.15, 0.2) is 41.2 Å². The fraction of sp³-hybridized carbons (Fsp3) is 0.360. The second-order valence-corrected chi connectivity index (χ2v) is 9.89. The van der Waals surface area contributed by atoms with E-state index in [0.29, 0.717) is 64.9 Å². The largest absolute Gasteiger partial charge is 0.366 e. The zero-order valence-electron chi connectivity index (χ0n) is 19.0. The third-order valence-corrected chi connectivity index (χ3v) is 7.64. The highest BCUT2D eigenvalue weighted by molar-refractivity contribution is 6.35. The molecular weight excluding hydrogens is 489 g/mol. The van der Waals surface area contributed by atoms with Gasteiger partial charge in [0, 0.05) is 60.7 Å². The number of nitrogens with one attached hydrogen (secondary N) is 1. The number of halogens is 2. The van der Waals surface area contributed by atoms with Gasteiger partial charge in [-0.1, -0.05) is 35.3 Å². The van der Waals surface area contributed by atoms with Gasteiger partial charge in [0.1, 0.15) is 5.82 Å². The van der Waals surface area contributed by atoms with Gasteiger partial charge in [-0.25, -0.2) is 4.98 Å². The van der Waals surface area contributed by atoms with Crippen molar-refractivity contribution >= 4 is 45.9 Å². The zero-order chi connectivity index (χ0) is 24.7. The molecule has 0 atom stereocenters. The second kappa shape index (κ2) is 9.26. The molecule has 10 heteroatoms. The molecule has 2 fully saturated rings. The normalized spacial score (nSPS) is 17.5. The number of nitrogens with two attached hydrogens (primary N) is 1. The van der Waals surface area contributed by atoms with E-state index in [1.165, 1.54) is 0 Å². The highest BCUT2D eigenvalue weighted by Crippen LogP contribution is 2.54. The van der Waals surface area contributed by atoms with Crippen molar-refractivity contribution in [3.63, 3.8) is 0 Å². The van der Waals surface area contributed by atoms with Gasteiger partial charge in [-0.05, 0) is 37.1 Å². The molecule has 3 aromatic rings. The number of carbonyl (C=O) groups is 2. The minimum absolute atomic E-state index is 0.00645. The van der Waals surface area contributed by atoms with Crippen LogP contribution in [-0.2, 0) is 16.8 Å². The maximum absolute atomic E-state index is 12.9. The molecule has 35 heavy (non-hydrogen) atoms. The van der Waals surface area contributed by atoms with Crippen molar-refractivity contribution in [1.29, 1.82) is 0 Å². The van der Waals surface area contributed by atoms with Gasteiger partial charge in [0.15, 0.2) is 0 Å². The molecule has 2 heterocycles. The lowest BCUT2D eigenvalue weighted by Gasteiger charge is -2.40. The van der Waals surface area contributed by atoms with Crippen molar-refractivity contribution in [1.82, 2.24) is 19.8 Å². The average molecular weight is 514 g/mol. The number of para-hydroxylation sites is 1. The monoisotopic (exact) mass is 513 g/mol. The van der Waals surface area contributed by atoms with Crippen LogP contribution in [0.4, 0.5) is 0 Å². The Bertz CT molecular complexity index is 1380. The summed E-state index contributed by atoms with van der Waals surface area (Å²) in [5, 5.41) is 1.38. The topological polar surface area (TPSA) is 112 Å². The number of carbonyl (C=O) groups excluding carboxylic acids is 2. The first-order valence-corrected chi connectivity index (χ1v) is 12.3. The van der Waals surface area contributed by atoms with E-state index in [2.05, 4.69) is 14.9 Å². The molecule has 1 saturated heterocycles. The molecular formula is C25H25Cl2N5O3. The van der Waals surface area contributed by atoms with E-state index in [1.807, 2.05) is 4.90 Å². The van der Waals surface area contributed by atoms with E-state index in [0.717, 1.165) is 18.4 Å². The molecule has 182 valence electrons. The van der Waals surface area contributed by atoms with E-state index in [9.17, 15) is 14.4 Å². The van der Waals surface area contributed by atoms with E-state index in [-0.39, 0.29) is 23.4 Å². The zero-order valence-corrected chi connectivity index (χ0v) is 20.5. The predicted octanol–water partition coefficient (Wildman–Crippen LogP) is 3.09. The van der Waals surface area contributed by atoms with Gasteiger partial charge in [-0.15, -0.1) is 0 Å². The molecule has 8 nitrogen and oxygen atoms in total. The van der Waals surface area contributed by atoms with Crippen molar-refractivity contribution in [2.45, 2.75) is 31.2 Å². The Morgan fingerprint density at radius 1 is 1.03 bits per heavy atom. The number of amides is 2. The Morgan fingerprint density at radius 2 is 1.71 bits per heavy atom. The summed E-state index contributed by atoms with van der Waals surface area (Å²) in [5.41, 5.74) is 6.77. The van der Waals surface area contributed by atoms with Crippen LogP contribution in [-0.4, -0.2) is 57.8 Å². The molecule has 3 N–H and O–H groups in total. The molecule has 0 spiro atoms. The fourth-order valence-electron chi connectivity index (χ4n) is 5.10. The number of aryl methyl sites for hydroxylation is 1. The van der Waals surface area contributed by atoms with Crippen molar-refractivity contribution in [3.05, 3.63) is 73.7 Å². The minimum atomic E-state index is -0.482. The number of benzene rings is 2. The maximum atomic E-state index is 12.9. The lowest BCUT2D eigenvalue weighted by Crippen LogP contribution is -2.52. The number of aromatic nitrogens is 2. The van der Waals surface area contributed by atoms with Gasteiger partial charge in [-0.2, -0.15) is 0 Å². The highest BCUT2D eigenvalue weighted by atomic mass is 35.5. The molecule has 0 radical (unpaired) electrons. The standard InChI is InChI=1S/C25H25Cl2N5O3/c26-17-5-1-3-15(23(28)34)21(17)25(9-10-25)32-13-11-31(12-14-32)20(33)8-7-19-29-22-16(24(35)30-19)4-2-6-18(22)27/h1-6H,7-14H2,(H2,28,34)(H,29,30,35). The Hall–Kier alpha value is -2.94. The number of piperazine rings is 1. The summed E-state index contributed by atoms with van der Waals surface area (Å²) in [6, 6.07) is 10.3. The van der Waals surface area contributed by atoms with Gasteiger partial charge < -0.3 is 15.6 Å². The fourth-order valence-corrected chi connectivity index (χ4v) is 5.67. The average Bonchev–Trinajstić information content (AvgIpc) is 3.65. The van der Waals surface area contributed by atoms with Crippen LogP contribution in [0.2, 0.25) is 10.0 Å². The Balaban J connectivity index is 1.24. The summed E-state index contributed by atoms with van der Waals surface area (Å²) in [4.78, 5) is 48.6. The summed E-state index contributed by atoms with van der Waals surface area (Å²) in [6.45, 7) is 2.50. The molecule has 1 aliphatic carbocycles. The van der Waals surface area contributed by atoms with Crippen molar-refractivity contribution in [2.24, 2.45) is 5.73 Å². The van der Waals surface area contributed by atoms with Crippen LogP contribution in [0.25, 0.3) is 10.9 Å². The molecule has 1 saturated carbocycles. The molecule has 1 aliphatic heterocycles. The summed E-state index contributed by atoms with van der Waals surface area (Å²) in [5.74, 6) is -0.0339. The first-order chi connectivity index (χ1) is 16.8. The van der Waals surface area contributed by atoms with Gasteiger partial charge in [0.05, 0.1) is 15.9 Å². The number of hydrogen-bond acceptors (Lipinski definition) is 5. The summed E-state index contributed by atoms with van der Waals surface area (Å²) in [7, 11) is 0. The number of primary amides is 1. The first-order valence-electron chi connectivity index (χ1n) is 11.6. The van der Waals surface area contributed by atoms with Gasteiger partial charge in [-0.3, -0.25) is 19.3 Å². The van der Waals surface area contributed by atoms with Crippen LogP contribution in [0, 0.1) is 0 Å². The maximum Gasteiger partial charge on any atom is 0.258 e. The van der Waals surface area contributed by atoms with Gasteiger partial charge >= 0.3 is 0 Å². The second-order valence-electron chi connectivity index (χ2n) is 9.07. The van der Waals surface area contributed by atoms with Crippen molar-refractivity contribution < 1.29 is 9.59 Å². The number of rotatable bonds is 6. The van der Waals surface area contributed by atoms with Crippen LogP contribution < -0.4 is 11.3 Å². The molecule has 2 amide bonds. The Morgan fingerprint density at radius 3 is 2.40 bits per heavy atom. The number of aromatic amines is 1. The molecule has 0 unspecified atom stereocenters. The molecule has 2 aromatic carbocycles. The van der Waals surface area contributed by atoms with Gasteiger partial charge in [0.2, 0.25) is 11.8 Å². The minimum Gasteiger partial charge on any atom is -0.366 e. The summed E-state index contributed by atoms with van der Waals surface area (Å²) < 4.78 is 0. The highest BCUT2D eigenvalue weighted by Gasteiger charge is 2.52. The predicted molar refractivity (Wildman–Crippen MR) is 135 cm³/mol. The number of H-pyrrole nitrogens is 1. The van der Waals surface area contributed by atoms with E-state index in [4.69, 9.17) is 28.9 Å². The third kappa shape index (κ3) is 4.42. The lowest BCUT2D eigenvalue weighted by atomic mass is 9.95. The lowest BCUT2D eigenvalue weighted by molar-refractivity contribution is -0.133. The molecule has 1 aromatic heterocycles. The van der Waals surface area contributed by atoms with Crippen molar-refractivity contribution in [2.75, 3.05) is 26.2 Å². The summed E-state index contributed by atoms with van der Waals surface area (Å²) in [6.07, 6.45) is 2.35. The number of nitrogens with zero attached hydrogens (tertiary/aromatic N) is 3. The number of hydrogen-bond donors (Lipinski definition) is 2. The van der Waals surface area contributed by atoms with E-state index in [1.54, 1.807) is 36.4 Å². The Kier molecular flexibility index (Phi) is 6.29. The smallest absolute Gasteiger partial charge is 0.258 e. The van der Waals surface area contributed by atoms with E-state index < -0.39 is 5.91 Å². The molecule has 2 aliphatic rings. The Labute approximate surface area is 212 Å². The van der Waals surface area contributed by atoms with E-state index >= 15 is 0 Å². The van der Waals surface area contributed by atoms with Crippen LogP contribution in [0.3, 0.4) is 0 Å². The number of fused-ring (bicyclic) bond motifs is 1. The van der Waals surface area contributed by atoms with Crippen LogP contribution >= 0.6 is 23.2 Å². The quantitative estimate of drug-likeness (QED) is 0.525.